The molecule has 1 rings (SSSR count). The third-order valence-corrected chi connectivity index (χ3v) is 3.34. The van der Waals surface area contributed by atoms with Crippen molar-refractivity contribution in [1.29, 1.82) is 0 Å². The van der Waals surface area contributed by atoms with Crippen molar-refractivity contribution in [3.63, 3.8) is 0 Å². The summed E-state index contributed by atoms with van der Waals surface area (Å²) < 4.78 is 0. The van der Waals surface area contributed by atoms with Crippen molar-refractivity contribution in [3.05, 3.63) is 0 Å². The maximum absolute atomic E-state index is 11.6. The fourth-order valence-electron chi connectivity index (χ4n) is 1.89. The maximum Gasteiger partial charge on any atom is 0.220 e. The van der Waals surface area contributed by atoms with Crippen LogP contribution in [-0.2, 0) is 4.79 Å². The minimum Gasteiger partial charge on any atom is -0.396 e. The highest BCUT2D eigenvalue weighted by Gasteiger charge is 2.37. The fraction of sp³-hybridized carbons (Fsp3) is 0.909. The van der Waals surface area contributed by atoms with Crippen LogP contribution in [0.3, 0.4) is 0 Å². The molecular formula is C11H22N2O2. The van der Waals surface area contributed by atoms with Gasteiger partial charge in [0, 0.05) is 19.6 Å². The van der Waals surface area contributed by atoms with E-state index in [2.05, 4.69) is 5.32 Å². The van der Waals surface area contributed by atoms with Crippen molar-refractivity contribution in [2.45, 2.75) is 32.6 Å². The van der Waals surface area contributed by atoms with Crippen LogP contribution in [0.25, 0.3) is 0 Å². The summed E-state index contributed by atoms with van der Waals surface area (Å²) >= 11 is 0. The summed E-state index contributed by atoms with van der Waals surface area (Å²) in [7, 11) is 0. The molecule has 1 unspecified atom stereocenters. The smallest absolute Gasteiger partial charge is 0.220 e. The number of carbonyl (C=O) groups excluding carboxylic acids is 1. The van der Waals surface area contributed by atoms with Gasteiger partial charge in [-0.05, 0) is 30.7 Å². The number of amides is 1. The van der Waals surface area contributed by atoms with Crippen LogP contribution in [0.4, 0.5) is 0 Å². The largest absolute Gasteiger partial charge is 0.396 e. The van der Waals surface area contributed by atoms with E-state index in [0.29, 0.717) is 19.5 Å². The number of carbonyl (C=O) groups is 1. The molecule has 4 heteroatoms. The highest BCUT2D eigenvalue weighted by atomic mass is 16.3. The Balaban J connectivity index is 2.23. The number of hydrogen-bond donors (Lipinski definition) is 3. The van der Waals surface area contributed by atoms with Gasteiger partial charge in [-0.1, -0.05) is 13.3 Å². The molecular weight excluding hydrogens is 192 g/mol. The molecule has 0 heterocycles. The van der Waals surface area contributed by atoms with Gasteiger partial charge in [-0.15, -0.1) is 0 Å². The molecule has 1 aliphatic rings. The topological polar surface area (TPSA) is 75.3 Å². The first-order valence-electron chi connectivity index (χ1n) is 5.69. The molecule has 4 nitrogen and oxygen atoms in total. The zero-order valence-corrected chi connectivity index (χ0v) is 9.46. The molecule has 0 saturated heterocycles. The third kappa shape index (κ3) is 3.47. The van der Waals surface area contributed by atoms with Crippen LogP contribution in [0.1, 0.15) is 32.6 Å². The summed E-state index contributed by atoms with van der Waals surface area (Å²) in [4.78, 5) is 11.6. The molecule has 88 valence electrons. The van der Waals surface area contributed by atoms with E-state index in [0.717, 1.165) is 12.8 Å². The van der Waals surface area contributed by atoms with Gasteiger partial charge in [0.15, 0.2) is 0 Å². The molecule has 1 amide bonds. The third-order valence-electron chi connectivity index (χ3n) is 3.34. The second-order valence-corrected chi connectivity index (χ2v) is 4.83. The van der Waals surface area contributed by atoms with Crippen molar-refractivity contribution >= 4 is 5.91 Å². The van der Waals surface area contributed by atoms with Gasteiger partial charge in [0.1, 0.15) is 0 Å². The Hall–Kier alpha value is -0.610. The molecule has 15 heavy (non-hydrogen) atoms. The van der Waals surface area contributed by atoms with Crippen molar-refractivity contribution < 1.29 is 9.90 Å². The minimum atomic E-state index is 0.0699. The Morgan fingerprint density at radius 1 is 1.60 bits per heavy atom. The molecule has 0 radical (unpaired) electrons. The SMILES string of the molecule is CC(CO)CNC(=O)CC1(CN)CCC1. The van der Waals surface area contributed by atoms with Gasteiger partial charge in [-0.25, -0.2) is 0 Å². The average Bonchev–Trinajstić information content (AvgIpc) is 2.20. The molecule has 1 aliphatic carbocycles. The molecule has 0 aromatic heterocycles. The van der Waals surface area contributed by atoms with Crippen LogP contribution >= 0.6 is 0 Å². The van der Waals surface area contributed by atoms with E-state index in [-0.39, 0.29) is 23.8 Å². The average molecular weight is 214 g/mol. The highest BCUT2D eigenvalue weighted by molar-refractivity contribution is 5.76. The lowest BCUT2D eigenvalue weighted by Gasteiger charge is -2.40. The van der Waals surface area contributed by atoms with Crippen LogP contribution in [0.5, 0.6) is 0 Å². The van der Waals surface area contributed by atoms with E-state index in [9.17, 15) is 4.79 Å². The zero-order valence-electron chi connectivity index (χ0n) is 9.46. The molecule has 1 saturated carbocycles. The quantitative estimate of drug-likeness (QED) is 0.593. The summed E-state index contributed by atoms with van der Waals surface area (Å²) in [6.07, 6.45) is 3.89. The van der Waals surface area contributed by atoms with Crippen molar-refractivity contribution in [3.8, 4) is 0 Å². The predicted molar refractivity (Wildman–Crippen MR) is 59.2 cm³/mol. The highest BCUT2D eigenvalue weighted by Crippen LogP contribution is 2.42. The van der Waals surface area contributed by atoms with E-state index in [1.807, 2.05) is 6.92 Å². The zero-order chi connectivity index (χ0) is 11.3. The van der Waals surface area contributed by atoms with Gasteiger partial charge in [0.05, 0.1) is 0 Å². The van der Waals surface area contributed by atoms with E-state index in [4.69, 9.17) is 10.8 Å². The van der Waals surface area contributed by atoms with Crippen molar-refractivity contribution in [1.82, 2.24) is 5.32 Å². The van der Waals surface area contributed by atoms with Gasteiger partial charge >= 0.3 is 0 Å². The Kier molecular flexibility index (Phi) is 4.54. The Morgan fingerprint density at radius 3 is 2.67 bits per heavy atom. The van der Waals surface area contributed by atoms with Gasteiger partial charge < -0.3 is 16.2 Å². The lowest BCUT2D eigenvalue weighted by molar-refractivity contribution is -0.124. The van der Waals surface area contributed by atoms with Gasteiger partial charge in [-0.3, -0.25) is 4.79 Å². The molecule has 0 bridgehead atoms. The minimum absolute atomic E-state index is 0.0699. The second kappa shape index (κ2) is 5.47. The first kappa shape index (κ1) is 12.5. The van der Waals surface area contributed by atoms with E-state index in [1.165, 1.54) is 6.42 Å². The van der Waals surface area contributed by atoms with Gasteiger partial charge in [0.2, 0.25) is 5.91 Å². The first-order chi connectivity index (χ1) is 7.12. The summed E-state index contributed by atoms with van der Waals surface area (Å²) in [6.45, 7) is 3.18. The summed E-state index contributed by atoms with van der Waals surface area (Å²) in [5, 5.41) is 11.6. The molecule has 0 aromatic carbocycles. The van der Waals surface area contributed by atoms with Crippen LogP contribution < -0.4 is 11.1 Å². The normalized spacial score (nSPS) is 20.5. The molecule has 0 aliphatic heterocycles. The summed E-state index contributed by atoms with van der Waals surface area (Å²) in [5.41, 5.74) is 5.76. The number of aliphatic hydroxyl groups excluding tert-OH is 1. The van der Waals surface area contributed by atoms with Crippen LogP contribution in [0, 0.1) is 11.3 Å². The van der Waals surface area contributed by atoms with E-state index < -0.39 is 0 Å². The number of rotatable bonds is 6. The second-order valence-electron chi connectivity index (χ2n) is 4.83. The molecule has 0 aromatic rings. The Labute approximate surface area is 91.2 Å². The first-order valence-corrected chi connectivity index (χ1v) is 5.69. The Morgan fingerprint density at radius 2 is 2.27 bits per heavy atom. The van der Waals surface area contributed by atoms with E-state index in [1.54, 1.807) is 0 Å². The van der Waals surface area contributed by atoms with E-state index >= 15 is 0 Å². The predicted octanol–water partition coefficient (Wildman–Crippen LogP) is 0.250. The standard InChI is InChI=1S/C11H22N2O2/c1-9(7-14)6-13-10(15)5-11(8-12)3-2-4-11/h9,14H,2-8,12H2,1H3,(H,13,15). The monoisotopic (exact) mass is 214 g/mol. The number of nitrogens with two attached hydrogens (primary N) is 1. The van der Waals surface area contributed by atoms with Crippen LogP contribution in [-0.4, -0.2) is 30.7 Å². The van der Waals surface area contributed by atoms with Gasteiger partial charge in [0.25, 0.3) is 0 Å². The molecule has 1 atom stereocenters. The van der Waals surface area contributed by atoms with Gasteiger partial charge in [-0.2, -0.15) is 0 Å². The maximum atomic E-state index is 11.6. The van der Waals surface area contributed by atoms with Crippen molar-refractivity contribution in [2.24, 2.45) is 17.1 Å². The summed E-state index contributed by atoms with van der Waals surface area (Å²) in [6, 6.07) is 0. The lowest BCUT2D eigenvalue weighted by Crippen LogP contribution is -2.42. The summed E-state index contributed by atoms with van der Waals surface area (Å²) in [5.74, 6) is 0.199. The molecule has 1 fully saturated rings. The Bertz CT molecular complexity index is 209. The fourth-order valence-corrected chi connectivity index (χ4v) is 1.89. The number of aliphatic hydroxyl groups is 1. The number of hydrogen-bond acceptors (Lipinski definition) is 3. The molecule has 4 N–H and O–H groups in total. The van der Waals surface area contributed by atoms with Crippen LogP contribution in [0.2, 0.25) is 0 Å². The lowest BCUT2D eigenvalue weighted by atomic mass is 9.66. The van der Waals surface area contributed by atoms with Crippen molar-refractivity contribution in [2.75, 3.05) is 19.7 Å². The number of nitrogens with one attached hydrogen (secondary N) is 1. The van der Waals surface area contributed by atoms with Crippen LogP contribution in [0.15, 0.2) is 0 Å². The molecule has 0 spiro atoms.